The van der Waals surface area contributed by atoms with Gasteiger partial charge in [-0.1, -0.05) is 6.42 Å². The molecule has 3 aliphatic carbocycles. The number of carbonyl (C=O) groups excluding carboxylic acids is 1. The minimum atomic E-state index is -0.433. The third-order valence-electron chi connectivity index (χ3n) is 5.44. The number of amides is 1. The number of carbonyl (C=O) groups is 1. The molecular weight excluding hydrogens is 240 g/mol. The van der Waals surface area contributed by atoms with Crippen LogP contribution >= 0.6 is 0 Å². The fourth-order valence-corrected chi connectivity index (χ4v) is 4.36. The normalized spacial score (nSPS) is 34.1. The maximum absolute atomic E-state index is 11.9. The van der Waals surface area contributed by atoms with Crippen molar-refractivity contribution in [3.05, 3.63) is 0 Å². The molecule has 4 heteroatoms. The van der Waals surface area contributed by atoms with Crippen molar-refractivity contribution >= 4 is 6.09 Å². The van der Waals surface area contributed by atoms with E-state index >= 15 is 0 Å². The van der Waals surface area contributed by atoms with E-state index in [-0.39, 0.29) is 23.6 Å². The summed E-state index contributed by atoms with van der Waals surface area (Å²) >= 11 is 0. The Hall–Kier alpha value is -0.770. The fourth-order valence-electron chi connectivity index (χ4n) is 4.36. The van der Waals surface area contributed by atoms with Crippen molar-refractivity contribution in [1.29, 1.82) is 0 Å². The molecule has 2 atom stereocenters. The maximum Gasteiger partial charge on any atom is 0.407 e. The average Bonchev–Trinajstić information content (AvgIpc) is 2.09. The molecule has 0 heterocycles. The smallest absolute Gasteiger partial charge is 0.407 e. The summed E-state index contributed by atoms with van der Waals surface area (Å²) in [6.45, 7) is 5.67. The van der Waals surface area contributed by atoms with Crippen LogP contribution in [0.5, 0.6) is 0 Å². The lowest BCUT2D eigenvalue weighted by Crippen LogP contribution is -2.74. The van der Waals surface area contributed by atoms with Gasteiger partial charge in [0.05, 0.1) is 0 Å². The van der Waals surface area contributed by atoms with Gasteiger partial charge < -0.3 is 15.8 Å². The summed E-state index contributed by atoms with van der Waals surface area (Å²) < 4.78 is 5.34. The fraction of sp³-hybridized carbons (Fsp3) is 0.933. The third kappa shape index (κ3) is 2.04. The molecule has 3 N–H and O–H groups in total. The van der Waals surface area contributed by atoms with Crippen molar-refractivity contribution in [2.75, 3.05) is 0 Å². The second-order valence-electron chi connectivity index (χ2n) is 7.98. The molecule has 0 bridgehead atoms. The van der Waals surface area contributed by atoms with Crippen LogP contribution in [0.2, 0.25) is 0 Å². The predicted molar refractivity (Wildman–Crippen MR) is 73.7 cm³/mol. The molecule has 0 aromatic carbocycles. The van der Waals surface area contributed by atoms with Gasteiger partial charge in [-0.25, -0.2) is 4.79 Å². The topological polar surface area (TPSA) is 64.3 Å². The minimum Gasteiger partial charge on any atom is -0.444 e. The number of ether oxygens (including phenoxy) is 1. The summed E-state index contributed by atoms with van der Waals surface area (Å²) in [6.07, 6.45) is 7.12. The molecule has 0 aromatic rings. The Morgan fingerprint density at radius 1 is 1.32 bits per heavy atom. The predicted octanol–water partition coefficient (Wildman–Crippen LogP) is 2.56. The molecule has 3 saturated carbocycles. The van der Waals surface area contributed by atoms with Crippen LogP contribution in [0.25, 0.3) is 0 Å². The molecule has 2 unspecified atom stereocenters. The first kappa shape index (κ1) is 13.2. The Morgan fingerprint density at radius 3 is 2.37 bits per heavy atom. The van der Waals surface area contributed by atoms with Gasteiger partial charge >= 0.3 is 6.09 Å². The van der Waals surface area contributed by atoms with Crippen LogP contribution in [0, 0.1) is 10.8 Å². The lowest BCUT2D eigenvalue weighted by molar-refractivity contribution is -0.171. The van der Waals surface area contributed by atoms with Crippen LogP contribution in [0.4, 0.5) is 4.79 Å². The molecule has 1 amide bonds. The standard InChI is InChI=1S/C15H26N2O2/c1-13(2,3)19-12(18)17-11-7-10(16)15(11)8-14(9-15)5-4-6-14/h10-11H,4-9,16H2,1-3H3,(H,17,18). The maximum atomic E-state index is 11.9. The molecule has 4 nitrogen and oxygen atoms in total. The highest BCUT2D eigenvalue weighted by molar-refractivity contribution is 5.68. The monoisotopic (exact) mass is 266 g/mol. The van der Waals surface area contributed by atoms with Crippen molar-refractivity contribution in [2.24, 2.45) is 16.6 Å². The first-order chi connectivity index (χ1) is 8.75. The number of rotatable bonds is 1. The van der Waals surface area contributed by atoms with E-state index in [2.05, 4.69) is 5.32 Å². The second-order valence-corrected chi connectivity index (χ2v) is 7.98. The van der Waals surface area contributed by atoms with Gasteiger partial charge in [0.15, 0.2) is 0 Å². The van der Waals surface area contributed by atoms with E-state index in [1.165, 1.54) is 32.1 Å². The average molecular weight is 266 g/mol. The zero-order valence-electron chi connectivity index (χ0n) is 12.3. The summed E-state index contributed by atoms with van der Waals surface area (Å²) in [5.74, 6) is 0. The molecule has 0 saturated heterocycles. The summed E-state index contributed by atoms with van der Waals surface area (Å²) in [6, 6.07) is 0.488. The Kier molecular flexibility index (Phi) is 2.70. The zero-order chi connectivity index (χ0) is 13.9. The summed E-state index contributed by atoms with van der Waals surface area (Å²) in [5, 5.41) is 3.04. The summed E-state index contributed by atoms with van der Waals surface area (Å²) in [5.41, 5.74) is 6.55. The van der Waals surface area contributed by atoms with E-state index in [0.29, 0.717) is 5.41 Å². The van der Waals surface area contributed by atoms with Gasteiger partial charge in [-0.15, -0.1) is 0 Å². The molecule has 3 fully saturated rings. The summed E-state index contributed by atoms with van der Waals surface area (Å²) in [4.78, 5) is 11.9. The third-order valence-corrected chi connectivity index (χ3v) is 5.44. The van der Waals surface area contributed by atoms with E-state index in [9.17, 15) is 4.79 Å². The largest absolute Gasteiger partial charge is 0.444 e. The SMILES string of the molecule is CC(C)(C)OC(=O)NC1CC(N)C12CC1(CCC1)C2. The quantitative estimate of drug-likeness (QED) is 0.766. The van der Waals surface area contributed by atoms with E-state index in [4.69, 9.17) is 10.5 Å². The lowest BCUT2D eigenvalue weighted by atomic mass is 9.37. The molecule has 0 aromatic heterocycles. The molecule has 19 heavy (non-hydrogen) atoms. The number of alkyl carbamates (subject to hydrolysis) is 1. The van der Waals surface area contributed by atoms with Gasteiger partial charge in [0, 0.05) is 17.5 Å². The highest BCUT2D eigenvalue weighted by Crippen LogP contribution is 2.70. The molecule has 108 valence electrons. The van der Waals surface area contributed by atoms with Crippen molar-refractivity contribution < 1.29 is 9.53 Å². The first-order valence-corrected chi connectivity index (χ1v) is 7.50. The molecule has 3 aliphatic rings. The van der Waals surface area contributed by atoms with Gasteiger partial charge in [-0.2, -0.15) is 0 Å². The van der Waals surface area contributed by atoms with Crippen LogP contribution in [0.15, 0.2) is 0 Å². The Bertz CT molecular complexity index is 387. The Morgan fingerprint density at radius 2 is 1.95 bits per heavy atom. The Balaban J connectivity index is 1.56. The molecule has 2 spiro atoms. The molecule has 3 rings (SSSR count). The highest BCUT2D eigenvalue weighted by atomic mass is 16.6. The number of hydrogen-bond donors (Lipinski definition) is 2. The Labute approximate surface area is 115 Å². The van der Waals surface area contributed by atoms with Gasteiger partial charge in [-0.05, 0) is 58.3 Å². The van der Waals surface area contributed by atoms with Crippen LogP contribution in [-0.2, 0) is 4.74 Å². The first-order valence-electron chi connectivity index (χ1n) is 7.50. The van der Waals surface area contributed by atoms with E-state index in [1.54, 1.807) is 0 Å². The van der Waals surface area contributed by atoms with Crippen molar-refractivity contribution in [3.63, 3.8) is 0 Å². The van der Waals surface area contributed by atoms with Crippen LogP contribution in [0.3, 0.4) is 0 Å². The van der Waals surface area contributed by atoms with Gasteiger partial charge in [0.2, 0.25) is 0 Å². The number of nitrogens with two attached hydrogens (primary N) is 1. The van der Waals surface area contributed by atoms with Crippen molar-refractivity contribution in [2.45, 2.75) is 77.0 Å². The number of nitrogens with one attached hydrogen (secondary N) is 1. The van der Waals surface area contributed by atoms with E-state index in [0.717, 1.165) is 6.42 Å². The molecular formula is C15H26N2O2. The van der Waals surface area contributed by atoms with Gasteiger partial charge in [-0.3, -0.25) is 0 Å². The second kappa shape index (κ2) is 3.87. The molecule has 0 aliphatic heterocycles. The van der Waals surface area contributed by atoms with Gasteiger partial charge in [0.25, 0.3) is 0 Å². The highest BCUT2D eigenvalue weighted by Gasteiger charge is 2.67. The zero-order valence-corrected chi connectivity index (χ0v) is 12.3. The van der Waals surface area contributed by atoms with Crippen LogP contribution in [-0.4, -0.2) is 23.8 Å². The van der Waals surface area contributed by atoms with Crippen LogP contribution in [0.1, 0.15) is 59.3 Å². The lowest BCUT2D eigenvalue weighted by Gasteiger charge is -2.70. The van der Waals surface area contributed by atoms with E-state index in [1.807, 2.05) is 20.8 Å². The van der Waals surface area contributed by atoms with E-state index < -0.39 is 5.60 Å². The summed E-state index contributed by atoms with van der Waals surface area (Å²) in [7, 11) is 0. The van der Waals surface area contributed by atoms with Gasteiger partial charge in [0.1, 0.15) is 5.60 Å². The molecule has 0 radical (unpaired) electrons. The van der Waals surface area contributed by atoms with Crippen molar-refractivity contribution in [3.8, 4) is 0 Å². The minimum absolute atomic E-state index is 0.178. The number of hydrogen-bond acceptors (Lipinski definition) is 3. The van der Waals surface area contributed by atoms with Crippen molar-refractivity contribution in [1.82, 2.24) is 5.32 Å². The van der Waals surface area contributed by atoms with Crippen LogP contribution < -0.4 is 11.1 Å².